The van der Waals surface area contributed by atoms with Crippen molar-refractivity contribution in [3.8, 4) is 0 Å². The number of hydrogen-bond donors (Lipinski definition) is 2. The van der Waals surface area contributed by atoms with Crippen LogP contribution in [0.1, 0.15) is 50.5 Å². The molecule has 0 heterocycles. The van der Waals surface area contributed by atoms with Crippen LogP contribution in [0.5, 0.6) is 0 Å². The molecule has 2 N–H and O–H groups in total. The normalized spacial score (nSPS) is 10.8. The molecule has 0 spiro atoms. The van der Waals surface area contributed by atoms with E-state index in [0.29, 0.717) is 0 Å². The number of nitrogens with one attached hydrogen (secondary N) is 2. The first-order valence-electron chi connectivity index (χ1n) is 8.03. The molecule has 0 bridgehead atoms. The van der Waals surface area contributed by atoms with Gasteiger partial charge in [0.2, 0.25) is 0 Å². The van der Waals surface area contributed by atoms with Crippen molar-refractivity contribution in [2.24, 2.45) is 0 Å². The molecule has 0 unspecified atom stereocenters. The summed E-state index contributed by atoms with van der Waals surface area (Å²) in [6, 6.07) is 10.6. The maximum Gasteiger partial charge on any atom is 0.0428 e. The molecule has 1 rings (SSSR count). The van der Waals surface area contributed by atoms with E-state index in [1.807, 2.05) is 0 Å². The van der Waals surface area contributed by atoms with E-state index in [9.17, 15) is 0 Å². The fourth-order valence-corrected chi connectivity index (χ4v) is 2.48. The van der Waals surface area contributed by atoms with E-state index in [-0.39, 0.29) is 0 Å². The van der Waals surface area contributed by atoms with Crippen LogP contribution in [0, 0.1) is 0 Å². The van der Waals surface area contributed by atoms with Crippen molar-refractivity contribution < 1.29 is 0 Å². The van der Waals surface area contributed by atoms with Crippen molar-refractivity contribution in [1.82, 2.24) is 10.6 Å². The van der Waals surface area contributed by atoms with Crippen molar-refractivity contribution in [2.75, 3.05) is 19.3 Å². The highest BCUT2D eigenvalue weighted by Gasteiger charge is 1.93. The Morgan fingerprint density at radius 2 is 1.25 bits per heavy atom. The maximum atomic E-state index is 3.51. The molecule has 0 aliphatic rings. The van der Waals surface area contributed by atoms with Gasteiger partial charge in [-0.1, -0.05) is 62.4 Å². The van der Waals surface area contributed by atoms with Gasteiger partial charge in [-0.05, 0) is 37.7 Å². The Bertz CT molecular complexity index is 303. The lowest BCUT2D eigenvalue weighted by atomic mass is 10.1. The molecular weight excluding hydrogens is 260 g/mol. The van der Waals surface area contributed by atoms with Gasteiger partial charge in [-0.25, -0.2) is 0 Å². The van der Waals surface area contributed by atoms with Gasteiger partial charge in [-0.15, -0.1) is 0 Å². The third-order valence-electron chi connectivity index (χ3n) is 3.50. The minimum absolute atomic E-state index is 0.913. The van der Waals surface area contributed by atoms with Gasteiger partial charge in [0.25, 0.3) is 0 Å². The van der Waals surface area contributed by atoms with Crippen LogP contribution in [-0.4, -0.2) is 29.5 Å². The number of benzene rings is 1. The first kappa shape index (κ1) is 17.4. The molecule has 0 fully saturated rings. The molecule has 1 aromatic carbocycles. The van der Waals surface area contributed by atoms with E-state index in [1.54, 1.807) is 0 Å². The first-order chi connectivity index (χ1) is 9.93. The van der Waals surface area contributed by atoms with Gasteiger partial charge in [-0.2, -0.15) is 0 Å². The average molecular weight is 290 g/mol. The lowest BCUT2D eigenvalue weighted by Crippen LogP contribution is -2.16. The lowest BCUT2D eigenvalue weighted by Gasteiger charge is -2.05. The Kier molecular flexibility index (Phi) is 11.6. The van der Waals surface area contributed by atoms with Crippen molar-refractivity contribution >= 4 is 10.2 Å². The lowest BCUT2D eigenvalue weighted by molar-refractivity contribution is 0.551. The Balaban J connectivity index is 1.77. The topological polar surface area (TPSA) is 24.1 Å². The summed E-state index contributed by atoms with van der Waals surface area (Å²) in [5.41, 5.74) is 1.38. The summed E-state index contributed by atoms with van der Waals surface area (Å²) in [5, 5.41) is 6.81. The van der Waals surface area contributed by atoms with E-state index < -0.39 is 0 Å². The largest absolute Gasteiger partial charge is 0.320 e. The molecule has 0 atom stereocenters. The van der Waals surface area contributed by atoms with Crippen LogP contribution < -0.4 is 10.6 Å². The molecule has 111 valence electrons. The van der Waals surface area contributed by atoms with Gasteiger partial charge in [-0.3, -0.25) is 0 Å². The van der Waals surface area contributed by atoms with Gasteiger partial charge < -0.3 is 10.6 Å². The highest BCUT2D eigenvalue weighted by Crippen LogP contribution is 2.06. The summed E-state index contributed by atoms with van der Waals surface area (Å²) in [6.45, 7) is 3.29. The van der Waals surface area contributed by atoms with E-state index in [1.165, 1.54) is 50.5 Å². The Morgan fingerprint density at radius 1 is 0.700 bits per heavy atom. The predicted molar refractivity (Wildman–Crippen MR) is 89.1 cm³/mol. The molecule has 0 saturated heterocycles. The van der Waals surface area contributed by atoms with Crippen LogP contribution in [0.25, 0.3) is 0 Å². The standard InChI is InChI=1S/C17H29N2Si/c20-16-19-14-10-5-3-1-2-4-9-13-18-15-17-11-7-6-8-12-17/h6-8,11-12,18-19H,1-5,9-10,13-16H2. The van der Waals surface area contributed by atoms with Crippen molar-refractivity contribution in [3.05, 3.63) is 35.9 Å². The van der Waals surface area contributed by atoms with E-state index >= 15 is 0 Å². The quantitative estimate of drug-likeness (QED) is 0.430. The second kappa shape index (κ2) is 13.3. The number of rotatable bonds is 13. The van der Waals surface area contributed by atoms with Crippen LogP contribution >= 0.6 is 0 Å². The molecule has 0 aromatic heterocycles. The zero-order valence-corrected chi connectivity index (χ0v) is 13.7. The van der Waals surface area contributed by atoms with Crippen molar-refractivity contribution in [1.29, 1.82) is 0 Å². The average Bonchev–Trinajstić information content (AvgIpc) is 2.49. The summed E-state index contributed by atoms with van der Waals surface area (Å²) in [6.07, 6.45) is 10.4. The molecule has 0 amide bonds. The Labute approximate surface area is 128 Å². The molecule has 3 heteroatoms. The summed E-state index contributed by atoms with van der Waals surface area (Å²) in [7, 11) is 3.42. The Morgan fingerprint density at radius 3 is 1.85 bits per heavy atom. The van der Waals surface area contributed by atoms with E-state index in [2.05, 4.69) is 51.2 Å². The molecule has 2 nitrogen and oxygen atoms in total. The van der Waals surface area contributed by atoms with Crippen LogP contribution in [0.3, 0.4) is 0 Å². The second-order valence-electron chi connectivity index (χ2n) is 5.31. The molecule has 20 heavy (non-hydrogen) atoms. The molecule has 0 saturated carbocycles. The van der Waals surface area contributed by atoms with E-state index in [4.69, 9.17) is 0 Å². The van der Waals surface area contributed by atoms with Gasteiger partial charge in [0.05, 0.1) is 0 Å². The van der Waals surface area contributed by atoms with Crippen molar-refractivity contribution in [3.63, 3.8) is 0 Å². The van der Waals surface area contributed by atoms with Gasteiger partial charge in [0.15, 0.2) is 0 Å². The third kappa shape index (κ3) is 10.2. The van der Waals surface area contributed by atoms with Crippen LogP contribution in [0.2, 0.25) is 0 Å². The third-order valence-corrected chi connectivity index (χ3v) is 3.75. The van der Waals surface area contributed by atoms with Crippen LogP contribution in [-0.2, 0) is 6.54 Å². The smallest absolute Gasteiger partial charge is 0.0428 e. The second-order valence-corrected chi connectivity index (χ2v) is 5.67. The molecule has 3 radical (unpaired) electrons. The zero-order valence-electron chi connectivity index (χ0n) is 12.7. The highest BCUT2D eigenvalue weighted by molar-refractivity contribution is 6.08. The fourth-order valence-electron chi connectivity index (χ4n) is 2.30. The minimum Gasteiger partial charge on any atom is -0.320 e. The Hall–Kier alpha value is -0.643. The summed E-state index contributed by atoms with van der Waals surface area (Å²) in [4.78, 5) is 0. The minimum atomic E-state index is 0.913. The van der Waals surface area contributed by atoms with Crippen molar-refractivity contribution in [2.45, 2.75) is 51.5 Å². The molecule has 0 aliphatic carbocycles. The van der Waals surface area contributed by atoms with Crippen LogP contribution in [0.4, 0.5) is 0 Å². The predicted octanol–water partition coefficient (Wildman–Crippen LogP) is 3.22. The van der Waals surface area contributed by atoms with Gasteiger partial charge >= 0.3 is 0 Å². The molecule has 1 aromatic rings. The number of unbranched alkanes of at least 4 members (excludes halogenated alkanes) is 6. The summed E-state index contributed by atoms with van der Waals surface area (Å²) >= 11 is 0. The first-order valence-corrected chi connectivity index (χ1v) is 8.74. The number of hydrogen-bond acceptors (Lipinski definition) is 2. The summed E-state index contributed by atoms with van der Waals surface area (Å²) < 4.78 is 0. The monoisotopic (exact) mass is 289 g/mol. The summed E-state index contributed by atoms with van der Waals surface area (Å²) in [5.74, 6) is 0. The molecule has 0 aliphatic heterocycles. The van der Waals surface area contributed by atoms with Gasteiger partial charge in [0.1, 0.15) is 0 Å². The maximum absolute atomic E-state index is 3.51. The molecular formula is C17H29N2Si. The zero-order chi connectivity index (χ0) is 14.3. The van der Waals surface area contributed by atoms with Gasteiger partial charge in [0, 0.05) is 16.8 Å². The SMILES string of the molecule is [Si]CNCCCCCCCCCNCc1ccccc1. The highest BCUT2D eigenvalue weighted by atomic mass is 28.1. The van der Waals surface area contributed by atoms with E-state index in [0.717, 1.165) is 25.8 Å². The fraction of sp³-hybridized carbons (Fsp3) is 0.647. The van der Waals surface area contributed by atoms with Crippen LogP contribution in [0.15, 0.2) is 30.3 Å².